The molecule has 0 amide bonds. The van der Waals surface area contributed by atoms with Gasteiger partial charge in [-0.25, -0.2) is 5.84 Å². The molecule has 0 radical (unpaired) electrons. The van der Waals surface area contributed by atoms with Gasteiger partial charge in [-0.1, -0.05) is 0 Å². The highest BCUT2D eigenvalue weighted by atomic mass is 16.5. The quantitative estimate of drug-likeness (QED) is 0.453. The number of hydrogen-bond donors (Lipinski definition) is 3. The maximum absolute atomic E-state index is 5.64. The number of ether oxygens (including phenoxy) is 2. The van der Waals surface area contributed by atoms with E-state index < -0.39 is 0 Å². The number of rotatable bonds is 5. The predicted molar refractivity (Wildman–Crippen MR) is 69.9 cm³/mol. The van der Waals surface area contributed by atoms with E-state index >= 15 is 0 Å². The van der Waals surface area contributed by atoms with Gasteiger partial charge in [0, 0.05) is 19.6 Å². The lowest BCUT2D eigenvalue weighted by Crippen LogP contribution is -2.43. The summed E-state index contributed by atoms with van der Waals surface area (Å²) in [7, 11) is 3.55. The molecule has 9 nitrogen and oxygen atoms in total. The molecule has 9 heteroatoms. The van der Waals surface area contributed by atoms with E-state index in [0.717, 1.165) is 19.7 Å². The molecule has 1 aliphatic rings. The first-order chi connectivity index (χ1) is 9.21. The SMILES string of the molecule is COc1nc(NN)nc(NCC2CN(C)CCO2)n1. The zero-order chi connectivity index (χ0) is 13.7. The van der Waals surface area contributed by atoms with E-state index in [9.17, 15) is 0 Å². The number of likely N-dealkylation sites (N-methyl/N-ethyl adjacent to an activating group) is 1. The number of nitrogens with two attached hydrogens (primary N) is 1. The van der Waals surface area contributed by atoms with Crippen molar-refractivity contribution in [1.82, 2.24) is 19.9 Å². The lowest BCUT2D eigenvalue weighted by Gasteiger charge is -2.30. The summed E-state index contributed by atoms with van der Waals surface area (Å²) in [6.07, 6.45) is 0.107. The molecule has 1 aromatic rings. The van der Waals surface area contributed by atoms with Gasteiger partial charge in [-0.3, -0.25) is 5.43 Å². The Hall–Kier alpha value is -1.71. The van der Waals surface area contributed by atoms with E-state index in [1.165, 1.54) is 7.11 Å². The molecule has 1 fully saturated rings. The molecular weight excluding hydrogens is 250 g/mol. The first-order valence-electron chi connectivity index (χ1n) is 6.02. The van der Waals surface area contributed by atoms with Crippen molar-refractivity contribution in [3.8, 4) is 6.01 Å². The first-order valence-corrected chi connectivity index (χ1v) is 6.02. The van der Waals surface area contributed by atoms with E-state index in [1.807, 2.05) is 0 Å². The fourth-order valence-electron chi connectivity index (χ4n) is 1.79. The fraction of sp³-hybridized carbons (Fsp3) is 0.700. The van der Waals surface area contributed by atoms with Crippen molar-refractivity contribution in [2.45, 2.75) is 6.10 Å². The molecule has 0 spiro atoms. The van der Waals surface area contributed by atoms with Crippen molar-refractivity contribution in [2.24, 2.45) is 5.84 Å². The van der Waals surface area contributed by atoms with E-state index in [4.69, 9.17) is 15.3 Å². The van der Waals surface area contributed by atoms with Crippen LogP contribution in [0.25, 0.3) is 0 Å². The Kier molecular flexibility index (Phi) is 4.66. The topological polar surface area (TPSA) is 110 Å². The van der Waals surface area contributed by atoms with Crippen LogP contribution in [0.1, 0.15) is 0 Å². The van der Waals surface area contributed by atoms with E-state index in [0.29, 0.717) is 12.5 Å². The van der Waals surface area contributed by atoms with Gasteiger partial charge in [-0.05, 0) is 7.05 Å². The van der Waals surface area contributed by atoms with Gasteiger partial charge >= 0.3 is 6.01 Å². The summed E-state index contributed by atoms with van der Waals surface area (Å²) in [6.45, 7) is 3.18. The average Bonchev–Trinajstić information content (AvgIpc) is 2.44. The highest BCUT2D eigenvalue weighted by Gasteiger charge is 2.18. The minimum absolute atomic E-state index is 0.107. The maximum Gasteiger partial charge on any atom is 0.322 e. The number of nitrogens with zero attached hydrogens (tertiary/aromatic N) is 4. The maximum atomic E-state index is 5.64. The Labute approximate surface area is 111 Å². The molecule has 0 aliphatic carbocycles. The molecule has 1 aromatic heterocycles. The minimum Gasteiger partial charge on any atom is -0.467 e. The number of methoxy groups -OCH3 is 1. The molecule has 0 saturated carbocycles. The number of hydrogen-bond acceptors (Lipinski definition) is 9. The van der Waals surface area contributed by atoms with Gasteiger partial charge in [-0.2, -0.15) is 15.0 Å². The van der Waals surface area contributed by atoms with Gasteiger partial charge in [0.25, 0.3) is 0 Å². The molecule has 4 N–H and O–H groups in total. The molecule has 0 aromatic carbocycles. The fourth-order valence-corrected chi connectivity index (χ4v) is 1.79. The van der Waals surface area contributed by atoms with Gasteiger partial charge in [0.2, 0.25) is 11.9 Å². The summed E-state index contributed by atoms with van der Waals surface area (Å²) in [4.78, 5) is 14.3. The first kappa shape index (κ1) is 13.7. The van der Waals surface area contributed by atoms with Crippen molar-refractivity contribution < 1.29 is 9.47 Å². The number of nitrogens with one attached hydrogen (secondary N) is 2. The lowest BCUT2D eigenvalue weighted by molar-refractivity contribution is -0.0118. The standard InChI is InChI=1S/C10H19N7O2/c1-17-3-4-19-7(6-17)5-12-8-13-9(16-11)15-10(14-8)18-2/h7H,3-6,11H2,1-2H3,(H2,12,13,14,15,16). The number of anilines is 2. The van der Waals surface area contributed by atoms with Crippen molar-refractivity contribution >= 4 is 11.9 Å². The van der Waals surface area contributed by atoms with Gasteiger partial charge in [0.1, 0.15) is 0 Å². The van der Waals surface area contributed by atoms with Crippen LogP contribution in [0, 0.1) is 0 Å². The van der Waals surface area contributed by atoms with Crippen molar-refractivity contribution in [3.05, 3.63) is 0 Å². The molecule has 2 heterocycles. The summed E-state index contributed by atoms with van der Waals surface area (Å²) in [5, 5.41) is 3.09. The molecular formula is C10H19N7O2. The largest absolute Gasteiger partial charge is 0.467 e. The lowest BCUT2D eigenvalue weighted by atomic mass is 10.3. The minimum atomic E-state index is 0.107. The average molecular weight is 269 g/mol. The van der Waals surface area contributed by atoms with Crippen LogP contribution in [-0.4, -0.2) is 66.4 Å². The Morgan fingerprint density at radius 1 is 1.42 bits per heavy atom. The number of morpholine rings is 1. The Balaban J connectivity index is 1.94. The second-order valence-corrected chi connectivity index (χ2v) is 4.25. The Morgan fingerprint density at radius 2 is 2.21 bits per heavy atom. The smallest absolute Gasteiger partial charge is 0.322 e. The summed E-state index contributed by atoms with van der Waals surface area (Å²) in [6, 6.07) is 0.201. The van der Waals surface area contributed by atoms with Crippen LogP contribution in [0.4, 0.5) is 11.9 Å². The number of hydrazine groups is 1. The number of aromatic nitrogens is 3. The summed E-state index contributed by atoms with van der Waals surface area (Å²) < 4.78 is 10.6. The van der Waals surface area contributed by atoms with Crippen LogP contribution in [0.15, 0.2) is 0 Å². The summed E-state index contributed by atoms with van der Waals surface area (Å²) in [5.74, 6) is 5.93. The summed E-state index contributed by atoms with van der Waals surface area (Å²) in [5.41, 5.74) is 2.37. The molecule has 2 rings (SSSR count). The Bertz CT molecular complexity index is 395. The van der Waals surface area contributed by atoms with E-state index in [-0.39, 0.29) is 18.1 Å². The van der Waals surface area contributed by atoms with Gasteiger partial charge in [-0.15, -0.1) is 0 Å². The monoisotopic (exact) mass is 269 g/mol. The molecule has 0 bridgehead atoms. The third kappa shape index (κ3) is 3.88. The molecule has 19 heavy (non-hydrogen) atoms. The second-order valence-electron chi connectivity index (χ2n) is 4.25. The van der Waals surface area contributed by atoms with Gasteiger partial charge in [0.05, 0.1) is 19.8 Å². The molecule has 1 saturated heterocycles. The third-order valence-electron chi connectivity index (χ3n) is 2.76. The summed E-state index contributed by atoms with van der Waals surface area (Å²) >= 11 is 0. The molecule has 1 atom stereocenters. The highest BCUT2D eigenvalue weighted by molar-refractivity contribution is 5.34. The van der Waals surface area contributed by atoms with Crippen LogP contribution in [0.2, 0.25) is 0 Å². The van der Waals surface area contributed by atoms with Gasteiger partial charge in [0.15, 0.2) is 0 Å². The van der Waals surface area contributed by atoms with Crippen LogP contribution in [0.5, 0.6) is 6.01 Å². The normalized spacial score (nSPS) is 20.1. The molecule has 1 unspecified atom stereocenters. The zero-order valence-electron chi connectivity index (χ0n) is 11.1. The van der Waals surface area contributed by atoms with Crippen LogP contribution < -0.4 is 21.3 Å². The van der Waals surface area contributed by atoms with Crippen molar-refractivity contribution in [2.75, 3.05) is 51.1 Å². The highest BCUT2D eigenvalue weighted by Crippen LogP contribution is 2.10. The number of nitrogen functional groups attached to an aromatic ring is 1. The van der Waals surface area contributed by atoms with Crippen LogP contribution in [0.3, 0.4) is 0 Å². The van der Waals surface area contributed by atoms with E-state index in [1.54, 1.807) is 0 Å². The zero-order valence-corrected chi connectivity index (χ0v) is 11.1. The van der Waals surface area contributed by atoms with Gasteiger partial charge < -0.3 is 19.7 Å². The van der Waals surface area contributed by atoms with Crippen LogP contribution in [-0.2, 0) is 4.74 Å². The molecule has 106 valence electrons. The Morgan fingerprint density at radius 3 is 2.89 bits per heavy atom. The second kappa shape index (κ2) is 6.45. The molecule has 1 aliphatic heterocycles. The third-order valence-corrected chi connectivity index (χ3v) is 2.76. The van der Waals surface area contributed by atoms with Crippen molar-refractivity contribution in [3.63, 3.8) is 0 Å². The predicted octanol–water partition coefficient (Wildman–Crippen LogP) is -1.09. The van der Waals surface area contributed by atoms with Crippen LogP contribution >= 0.6 is 0 Å². The van der Waals surface area contributed by atoms with E-state index in [2.05, 4.69) is 37.6 Å². The van der Waals surface area contributed by atoms with Crippen molar-refractivity contribution in [1.29, 1.82) is 0 Å².